The van der Waals surface area contributed by atoms with Gasteiger partial charge in [0.1, 0.15) is 0 Å². The normalized spacial score (nSPS) is 17.3. The second-order valence-corrected chi connectivity index (χ2v) is 13.5. The summed E-state index contributed by atoms with van der Waals surface area (Å²) in [5.41, 5.74) is 9.07. The molecule has 4 aromatic rings. The number of rotatable bonds is 7. The Kier molecular flexibility index (Phi) is 11.9. The Balaban J connectivity index is 0.000000201. The van der Waals surface area contributed by atoms with Crippen molar-refractivity contribution in [2.45, 2.75) is 75.3 Å². The maximum absolute atomic E-state index is 12.6. The topological polar surface area (TPSA) is 119 Å². The lowest BCUT2D eigenvalue weighted by Gasteiger charge is -2.43. The Morgan fingerprint density at radius 1 is 0.733 bits per heavy atom. The molecule has 2 saturated carbocycles. The summed E-state index contributed by atoms with van der Waals surface area (Å²) in [5, 5.41) is 8.82. The monoisotopic (exact) mass is 674 g/mol. The summed E-state index contributed by atoms with van der Waals surface area (Å²) in [5.74, 6) is -0.247. The highest BCUT2D eigenvalue weighted by Crippen LogP contribution is 2.32. The highest BCUT2D eigenvalue weighted by molar-refractivity contribution is 6.39. The molecule has 0 aliphatic heterocycles. The van der Waals surface area contributed by atoms with Gasteiger partial charge in [-0.25, -0.2) is 0 Å². The van der Waals surface area contributed by atoms with Gasteiger partial charge in [-0.2, -0.15) is 0 Å². The van der Waals surface area contributed by atoms with E-state index in [1.807, 2.05) is 36.7 Å². The van der Waals surface area contributed by atoms with Crippen molar-refractivity contribution in [2.24, 2.45) is 5.73 Å². The van der Waals surface area contributed by atoms with Gasteiger partial charge in [0, 0.05) is 58.4 Å². The van der Waals surface area contributed by atoms with Crippen molar-refractivity contribution in [1.82, 2.24) is 25.5 Å². The highest BCUT2D eigenvalue weighted by Gasteiger charge is 2.34. The zero-order valence-corrected chi connectivity index (χ0v) is 28.4. The van der Waals surface area contributed by atoms with E-state index in [1.54, 1.807) is 12.1 Å². The predicted molar refractivity (Wildman–Crippen MR) is 188 cm³/mol. The summed E-state index contributed by atoms with van der Waals surface area (Å²) >= 11 is 12.7. The molecule has 2 amide bonds. The molecule has 0 bridgehead atoms. The lowest BCUT2D eigenvalue weighted by Crippen LogP contribution is -2.53. The molecule has 244 valence electrons. The second-order valence-electron chi connectivity index (χ2n) is 12.7. The quantitative estimate of drug-likeness (QED) is 0.140. The molecule has 8 nitrogen and oxygen atoms in total. The first kappa shape index (κ1) is 35.1. The van der Waals surface area contributed by atoms with Crippen LogP contribution in [0.25, 0.3) is 21.8 Å². The van der Waals surface area contributed by atoms with Crippen LogP contribution in [0.1, 0.15) is 84.9 Å². The molecule has 6 N–H and O–H groups in total. The standard InChI is InChI=1S/C18H24ClN3O.C16H20ClN3O.ClH/c1-22(2)18(9-4-3-5-10-18)12-21-17(23)14-6-7-15-13(16(14)19)8-11-20-15;17-14-11-6-9-19-13(11)5-4-12(14)15(21)20-10-16(18)7-2-1-3-8-16;/h6-8,11,20H,3-5,9-10,12H2,1-2H3,(H,21,23);4-6,9,19H,1-3,7-8,10,18H2,(H,20,21);1H. The minimum atomic E-state index is -0.265. The molecule has 0 radical (unpaired) electrons. The van der Waals surface area contributed by atoms with E-state index in [4.69, 9.17) is 28.9 Å². The van der Waals surface area contributed by atoms with E-state index in [0.717, 1.165) is 60.3 Å². The van der Waals surface area contributed by atoms with Crippen LogP contribution < -0.4 is 16.4 Å². The molecular weight excluding hydrogens is 631 g/mol. The molecule has 2 heterocycles. The lowest BCUT2D eigenvalue weighted by molar-refractivity contribution is 0.0799. The van der Waals surface area contributed by atoms with E-state index >= 15 is 0 Å². The van der Waals surface area contributed by atoms with Gasteiger partial charge in [-0.15, -0.1) is 12.4 Å². The summed E-state index contributed by atoms with van der Waals surface area (Å²) in [6.45, 7) is 1.17. The number of nitrogens with one attached hydrogen (secondary N) is 4. The number of nitrogens with zero attached hydrogens (tertiary/aromatic N) is 1. The smallest absolute Gasteiger partial charge is 0.252 e. The number of likely N-dealkylation sites (N-methyl/N-ethyl adjacent to an activating group) is 1. The summed E-state index contributed by atoms with van der Waals surface area (Å²) < 4.78 is 0. The zero-order valence-electron chi connectivity index (χ0n) is 26.1. The first-order valence-corrected chi connectivity index (χ1v) is 16.4. The average Bonchev–Trinajstić information content (AvgIpc) is 3.71. The fourth-order valence-electron chi connectivity index (χ4n) is 6.66. The van der Waals surface area contributed by atoms with Gasteiger partial charge in [0.15, 0.2) is 0 Å². The molecule has 2 aliphatic carbocycles. The van der Waals surface area contributed by atoms with Crippen LogP contribution in [-0.2, 0) is 0 Å². The molecule has 2 fully saturated rings. The fourth-order valence-corrected chi connectivity index (χ4v) is 7.29. The molecule has 0 unspecified atom stereocenters. The number of hydrogen-bond acceptors (Lipinski definition) is 4. The third kappa shape index (κ3) is 7.98. The molecule has 0 spiro atoms. The summed E-state index contributed by atoms with van der Waals surface area (Å²) in [7, 11) is 4.21. The number of amides is 2. The van der Waals surface area contributed by atoms with E-state index in [9.17, 15) is 9.59 Å². The Morgan fingerprint density at radius 3 is 1.64 bits per heavy atom. The van der Waals surface area contributed by atoms with Crippen LogP contribution in [0.3, 0.4) is 0 Å². The number of H-pyrrole nitrogens is 2. The Hall–Kier alpha value is -2.75. The summed E-state index contributed by atoms with van der Waals surface area (Å²) in [6.07, 6.45) is 15.1. The van der Waals surface area contributed by atoms with Gasteiger partial charge in [-0.3, -0.25) is 9.59 Å². The van der Waals surface area contributed by atoms with Crippen molar-refractivity contribution in [1.29, 1.82) is 0 Å². The summed E-state index contributed by atoms with van der Waals surface area (Å²) in [6, 6.07) is 11.1. The van der Waals surface area contributed by atoms with Crippen molar-refractivity contribution in [2.75, 3.05) is 27.2 Å². The Labute approximate surface area is 281 Å². The average molecular weight is 676 g/mol. The molecule has 0 atom stereocenters. The number of benzene rings is 2. The molecule has 11 heteroatoms. The molecule has 6 rings (SSSR count). The maximum atomic E-state index is 12.6. The Bertz CT molecular complexity index is 1600. The third-order valence-corrected chi connectivity index (χ3v) is 10.4. The number of carbonyl (C=O) groups is 2. The number of aromatic nitrogens is 2. The van der Waals surface area contributed by atoms with Gasteiger partial charge < -0.3 is 31.2 Å². The molecule has 2 aromatic heterocycles. The van der Waals surface area contributed by atoms with Gasteiger partial charge >= 0.3 is 0 Å². The van der Waals surface area contributed by atoms with Crippen molar-refractivity contribution in [3.63, 3.8) is 0 Å². The van der Waals surface area contributed by atoms with Crippen LogP contribution in [0, 0.1) is 0 Å². The van der Waals surface area contributed by atoms with E-state index in [1.165, 1.54) is 25.7 Å². The number of aromatic amines is 2. The summed E-state index contributed by atoms with van der Waals surface area (Å²) in [4.78, 5) is 33.4. The van der Waals surface area contributed by atoms with Crippen molar-refractivity contribution in [3.8, 4) is 0 Å². The van der Waals surface area contributed by atoms with E-state index in [2.05, 4.69) is 39.6 Å². The maximum Gasteiger partial charge on any atom is 0.252 e. The van der Waals surface area contributed by atoms with Crippen molar-refractivity contribution < 1.29 is 9.59 Å². The number of carbonyl (C=O) groups excluding carboxylic acids is 2. The molecule has 2 aliphatic rings. The molecule has 45 heavy (non-hydrogen) atoms. The van der Waals surface area contributed by atoms with Crippen LogP contribution in [0.15, 0.2) is 48.8 Å². The number of fused-ring (bicyclic) bond motifs is 2. The SMILES string of the molecule is CN(C)C1(CNC(=O)c2ccc3[nH]ccc3c2Cl)CCCCC1.Cl.NC1(CNC(=O)c2ccc3[nH]ccc3c2Cl)CCCCC1. The minimum Gasteiger partial charge on any atom is -0.361 e. The highest BCUT2D eigenvalue weighted by atomic mass is 35.5. The predicted octanol–water partition coefficient (Wildman–Crippen LogP) is 7.45. The van der Waals surface area contributed by atoms with E-state index in [-0.39, 0.29) is 35.3 Å². The van der Waals surface area contributed by atoms with Crippen LogP contribution in [0.2, 0.25) is 10.0 Å². The number of hydrogen-bond donors (Lipinski definition) is 5. The van der Waals surface area contributed by atoms with Gasteiger partial charge in [0.2, 0.25) is 0 Å². The zero-order chi connectivity index (χ0) is 31.3. The largest absolute Gasteiger partial charge is 0.361 e. The minimum absolute atomic E-state index is 0. The molecular formula is C34H45Cl3N6O2. The number of nitrogens with two attached hydrogens (primary N) is 1. The van der Waals surface area contributed by atoms with Gasteiger partial charge in [-0.1, -0.05) is 61.7 Å². The van der Waals surface area contributed by atoms with Crippen molar-refractivity contribution >= 4 is 69.2 Å². The van der Waals surface area contributed by atoms with Crippen LogP contribution in [0.4, 0.5) is 0 Å². The van der Waals surface area contributed by atoms with Crippen LogP contribution >= 0.6 is 35.6 Å². The van der Waals surface area contributed by atoms with Crippen LogP contribution in [0.5, 0.6) is 0 Å². The lowest BCUT2D eigenvalue weighted by atomic mass is 9.80. The van der Waals surface area contributed by atoms with Crippen LogP contribution in [-0.4, -0.2) is 64.9 Å². The first-order chi connectivity index (χ1) is 21.1. The van der Waals surface area contributed by atoms with Gasteiger partial charge in [-0.05, 0) is 76.2 Å². The first-order valence-electron chi connectivity index (χ1n) is 15.7. The molecule has 2 aromatic carbocycles. The fraction of sp³-hybridized carbons (Fsp3) is 0.471. The van der Waals surface area contributed by atoms with E-state index in [0.29, 0.717) is 34.3 Å². The second kappa shape index (κ2) is 15.2. The molecule has 0 saturated heterocycles. The van der Waals surface area contributed by atoms with Gasteiger partial charge in [0.05, 0.1) is 21.2 Å². The van der Waals surface area contributed by atoms with E-state index < -0.39 is 0 Å². The Morgan fingerprint density at radius 2 is 1.18 bits per heavy atom. The van der Waals surface area contributed by atoms with Crippen molar-refractivity contribution in [3.05, 3.63) is 70.0 Å². The number of halogens is 3. The third-order valence-electron chi connectivity index (χ3n) is 9.59. The van der Waals surface area contributed by atoms with Gasteiger partial charge in [0.25, 0.3) is 11.8 Å².